The highest BCUT2D eigenvalue weighted by atomic mass is 79.9. The van der Waals surface area contributed by atoms with Crippen molar-refractivity contribution in [2.45, 2.75) is 6.42 Å². The molecule has 0 bridgehead atoms. The minimum Gasteiger partial charge on any atom is -0.497 e. The number of hydrogen-bond donors (Lipinski definition) is 1. The highest BCUT2D eigenvalue weighted by Crippen LogP contribution is 2.31. The average molecular weight is 299 g/mol. The molecule has 3 amide bonds. The molecule has 90 valence electrons. The first kappa shape index (κ1) is 11.9. The summed E-state index contributed by atoms with van der Waals surface area (Å²) in [4.78, 5) is 24.3. The van der Waals surface area contributed by atoms with Gasteiger partial charge in [-0.25, -0.2) is 4.79 Å². The first-order valence-electron chi connectivity index (χ1n) is 5.06. The van der Waals surface area contributed by atoms with Crippen LogP contribution in [0.2, 0.25) is 0 Å². The minimum atomic E-state index is -0.407. The smallest absolute Gasteiger partial charge is 0.328 e. The monoisotopic (exact) mass is 298 g/mol. The molecule has 1 heterocycles. The molecule has 17 heavy (non-hydrogen) atoms. The number of amides is 3. The van der Waals surface area contributed by atoms with Crippen molar-refractivity contribution in [2.24, 2.45) is 0 Å². The molecule has 0 aliphatic carbocycles. The van der Waals surface area contributed by atoms with Crippen LogP contribution in [0.15, 0.2) is 22.7 Å². The van der Waals surface area contributed by atoms with Crippen LogP contribution in [0.4, 0.5) is 10.5 Å². The number of anilines is 1. The molecule has 1 saturated heterocycles. The molecule has 0 saturated carbocycles. The number of nitrogens with zero attached hydrogens (tertiary/aromatic N) is 1. The van der Waals surface area contributed by atoms with Gasteiger partial charge in [-0.15, -0.1) is 0 Å². The number of ether oxygens (including phenoxy) is 1. The van der Waals surface area contributed by atoms with E-state index in [0.717, 1.165) is 4.47 Å². The van der Waals surface area contributed by atoms with Crippen LogP contribution in [0.5, 0.6) is 5.75 Å². The maximum atomic E-state index is 11.7. The first-order valence-corrected chi connectivity index (χ1v) is 5.86. The number of carbonyl (C=O) groups is 2. The van der Waals surface area contributed by atoms with Crippen LogP contribution in [-0.4, -0.2) is 25.6 Å². The normalized spacial score (nSPS) is 15.8. The summed E-state index contributed by atoms with van der Waals surface area (Å²) in [5.74, 6) is 0.415. The van der Waals surface area contributed by atoms with Crippen molar-refractivity contribution in [3.05, 3.63) is 22.7 Å². The number of methoxy groups -OCH3 is 1. The summed E-state index contributed by atoms with van der Waals surface area (Å²) in [6.45, 7) is 0.371. The van der Waals surface area contributed by atoms with Gasteiger partial charge in [0.1, 0.15) is 5.75 Å². The maximum Gasteiger partial charge on any atom is 0.328 e. The molecule has 1 N–H and O–H groups in total. The Balaban J connectivity index is 2.33. The second kappa shape index (κ2) is 4.75. The van der Waals surface area contributed by atoms with Crippen LogP contribution < -0.4 is 15.0 Å². The number of nitrogens with one attached hydrogen (secondary N) is 1. The SMILES string of the molecule is COc1ccc(Br)c(N2CCC(=O)NC2=O)c1. The summed E-state index contributed by atoms with van der Waals surface area (Å²) in [6.07, 6.45) is 0.301. The second-order valence-electron chi connectivity index (χ2n) is 3.57. The van der Waals surface area contributed by atoms with Crippen LogP contribution in [0.25, 0.3) is 0 Å². The topological polar surface area (TPSA) is 58.6 Å². The van der Waals surface area contributed by atoms with E-state index in [0.29, 0.717) is 24.4 Å². The predicted molar refractivity (Wildman–Crippen MR) is 66.2 cm³/mol. The highest BCUT2D eigenvalue weighted by molar-refractivity contribution is 9.10. The molecule has 1 aromatic rings. The Bertz CT molecular complexity index is 476. The summed E-state index contributed by atoms with van der Waals surface area (Å²) < 4.78 is 5.89. The number of halogens is 1. The standard InChI is InChI=1S/C11H11BrN2O3/c1-17-7-2-3-8(12)9(6-7)14-5-4-10(15)13-11(14)16/h2-3,6H,4-5H2,1H3,(H,13,15,16). The van der Waals surface area contributed by atoms with E-state index in [1.165, 1.54) is 4.90 Å². The third-order valence-electron chi connectivity index (χ3n) is 2.50. The van der Waals surface area contributed by atoms with E-state index in [-0.39, 0.29) is 5.91 Å². The Hall–Kier alpha value is -1.56. The van der Waals surface area contributed by atoms with E-state index < -0.39 is 6.03 Å². The summed E-state index contributed by atoms with van der Waals surface area (Å²) in [6, 6.07) is 4.94. The third-order valence-corrected chi connectivity index (χ3v) is 3.17. The molecule has 0 atom stereocenters. The molecular formula is C11H11BrN2O3. The van der Waals surface area contributed by atoms with Gasteiger partial charge in [0.05, 0.1) is 12.8 Å². The summed E-state index contributed by atoms with van der Waals surface area (Å²) in [5.41, 5.74) is 0.689. The van der Waals surface area contributed by atoms with Gasteiger partial charge in [0.2, 0.25) is 5.91 Å². The number of urea groups is 1. The number of rotatable bonds is 2. The Morgan fingerprint density at radius 1 is 1.41 bits per heavy atom. The van der Waals surface area contributed by atoms with Crippen molar-refractivity contribution in [3.8, 4) is 5.75 Å². The lowest BCUT2D eigenvalue weighted by Crippen LogP contribution is -2.49. The molecule has 1 aliphatic rings. The molecular weight excluding hydrogens is 288 g/mol. The van der Waals surface area contributed by atoms with Crippen LogP contribution in [-0.2, 0) is 4.79 Å². The number of benzene rings is 1. The Kier molecular flexibility index (Phi) is 3.33. The zero-order chi connectivity index (χ0) is 12.4. The van der Waals surface area contributed by atoms with E-state index in [4.69, 9.17) is 4.74 Å². The quantitative estimate of drug-likeness (QED) is 0.907. The van der Waals surface area contributed by atoms with E-state index in [1.807, 2.05) is 0 Å². The molecule has 6 heteroatoms. The van der Waals surface area contributed by atoms with Crippen LogP contribution in [0, 0.1) is 0 Å². The zero-order valence-corrected chi connectivity index (χ0v) is 10.8. The fourth-order valence-corrected chi connectivity index (χ4v) is 2.08. The van der Waals surface area contributed by atoms with Crippen molar-refractivity contribution in [2.75, 3.05) is 18.6 Å². The molecule has 0 spiro atoms. The Morgan fingerprint density at radius 2 is 2.18 bits per heavy atom. The van der Waals surface area contributed by atoms with E-state index in [1.54, 1.807) is 25.3 Å². The van der Waals surface area contributed by atoms with E-state index >= 15 is 0 Å². The van der Waals surface area contributed by atoms with Crippen molar-refractivity contribution in [3.63, 3.8) is 0 Å². The molecule has 1 fully saturated rings. The number of carbonyl (C=O) groups excluding carboxylic acids is 2. The van der Waals surface area contributed by atoms with Gasteiger partial charge >= 0.3 is 6.03 Å². The maximum absolute atomic E-state index is 11.7. The van der Waals surface area contributed by atoms with Gasteiger partial charge in [0.25, 0.3) is 0 Å². The summed E-state index contributed by atoms with van der Waals surface area (Å²) in [7, 11) is 1.56. The lowest BCUT2D eigenvalue weighted by atomic mass is 10.2. The molecule has 1 aliphatic heterocycles. The van der Waals surface area contributed by atoms with Gasteiger partial charge in [-0.2, -0.15) is 0 Å². The van der Waals surface area contributed by atoms with Crippen molar-refractivity contribution >= 4 is 33.6 Å². The van der Waals surface area contributed by atoms with Gasteiger partial charge < -0.3 is 4.74 Å². The summed E-state index contributed by atoms with van der Waals surface area (Å²) >= 11 is 3.38. The molecule has 1 aromatic carbocycles. The molecule has 5 nitrogen and oxygen atoms in total. The van der Waals surface area contributed by atoms with Crippen LogP contribution >= 0.6 is 15.9 Å². The van der Waals surface area contributed by atoms with Crippen molar-refractivity contribution in [1.29, 1.82) is 0 Å². The molecule has 2 rings (SSSR count). The van der Waals surface area contributed by atoms with Gasteiger partial charge in [0, 0.05) is 23.5 Å². The fourth-order valence-electron chi connectivity index (χ4n) is 1.62. The Labute approximate surface area is 107 Å². The molecule has 0 radical (unpaired) electrons. The third kappa shape index (κ3) is 2.41. The van der Waals surface area contributed by atoms with Gasteiger partial charge in [-0.1, -0.05) is 0 Å². The van der Waals surface area contributed by atoms with E-state index in [2.05, 4.69) is 21.2 Å². The first-order chi connectivity index (χ1) is 8.11. The van der Waals surface area contributed by atoms with E-state index in [9.17, 15) is 9.59 Å². The molecule has 0 aromatic heterocycles. The number of hydrogen-bond acceptors (Lipinski definition) is 3. The van der Waals surface area contributed by atoms with Gasteiger partial charge in [-0.3, -0.25) is 15.0 Å². The lowest BCUT2D eigenvalue weighted by molar-refractivity contribution is -0.120. The minimum absolute atomic E-state index is 0.245. The van der Waals surface area contributed by atoms with Gasteiger partial charge in [-0.05, 0) is 28.1 Å². The predicted octanol–water partition coefficient (Wildman–Crippen LogP) is 1.90. The highest BCUT2D eigenvalue weighted by Gasteiger charge is 2.25. The van der Waals surface area contributed by atoms with Gasteiger partial charge in [0.15, 0.2) is 0 Å². The lowest BCUT2D eigenvalue weighted by Gasteiger charge is -2.27. The second-order valence-corrected chi connectivity index (χ2v) is 4.43. The van der Waals surface area contributed by atoms with Crippen LogP contribution in [0.3, 0.4) is 0 Å². The molecule has 0 unspecified atom stereocenters. The van der Waals surface area contributed by atoms with Crippen LogP contribution in [0.1, 0.15) is 6.42 Å². The average Bonchev–Trinajstić information content (AvgIpc) is 2.30. The zero-order valence-electron chi connectivity index (χ0n) is 9.20. The Morgan fingerprint density at radius 3 is 2.82 bits per heavy atom. The van der Waals surface area contributed by atoms with Crippen molar-refractivity contribution in [1.82, 2.24) is 5.32 Å². The number of imide groups is 1. The summed E-state index contributed by atoms with van der Waals surface area (Å²) in [5, 5.41) is 2.28. The largest absolute Gasteiger partial charge is 0.497 e. The van der Waals surface area contributed by atoms with Crippen molar-refractivity contribution < 1.29 is 14.3 Å². The fraction of sp³-hybridized carbons (Fsp3) is 0.273.